The Morgan fingerprint density at radius 3 is 2.30 bits per heavy atom. The topological polar surface area (TPSA) is 38.4 Å². The molecule has 0 fully saturated rings. The van der Waals surface area contributed by atoms with Crippen molar-refractivity contribution in [3.8, 4) is 11.3 Å². The molecule has 4 heteroatoms. The highest BCUT2D eigenvalue weighted by Gasteiger charge is 2.11. The van der Waals surface area contributed by atoms with Crippen LogP contribution in [0.15, 0.2) is 74.7 Å². The summed E-state index contributed by atoms with van der Waals surface area (Å²) in [6.07, 6.45) is 1.73. The molecule has 0 spiro atoms. The Labute approximate surface area is 125 Å². The summed E-state index contributed by atoms with van der Waals surface area (Å²) in [6, 6.07) is 20.0. The summed E-state index contributed by atoms with van der Waals surface area (Å²) in [6.45, 7) is 0. The van der Waals surface area contributed by atoms with Gasteiger partial charge in [-0.2, -0.15) is 4.98 Å². The maximum atomic E-state index is 5.50. The molecule has 0 unspecified atom stereocenters. The third-order valence-corrected chi connectivity index (χ3v) is 3.28. The fourth-order valence-corrected chi connectivity index (χ4v) is 2.25. The van der Waals surface area contributed by atoms with Crippen molar-refractivity contribution in [1.29, 1.82) is 0 Å². The molecule has 20 heavy (non-hydrogen) atoms. The molecule has 98 valence electrons. The van der Waals surface area contributed by atoms with E-state index < -0.39 is 0 Å². The van der Waals surface area contributed by atoms with Gasteiger partial charge in [0, 0.05) is 11.8 Å². The summed E-state index contributed by atoms with van der Waals surface area (Å²) < 4.78 is 6.09. The van der Waals surface area contributed by atoms with Gasteiger partial charge in [0.05, 0.1) is 0 Å². The van der Waals surface area contributed by atoms with Gasteiger partial charge in [-0.1, -0.05) is 60.7 Å². The van der Waals surface area contributed by atoms with Gasteiger partial charge in [-0.25, -0.2) is 4.99 Å². The van der Waals surface area contributed by atoms with Crippen LogP contribution in [0.25, 0.3) is 11.3 Å². The quantitative estimate of drug-likeness (QED) is 0.645. The maximum Gasteiger partial charge on any atom is 0.323 e. The number of hydrogen-bond donors (Lipinski definition) is 0. The van der Waals surface area contributed by atoms with Crippen molar-refractivity contribution in [3.63, 3.8) is 0 Å². The van der Waals surface area contributed by atoms with Gasteiger partial charge in [0.25, 0.3) is 0 Å². The zero-order chi connectivity index (χ0) is 13.8. The number of nitrogens with zero attached hydrogens (tertiary/aromatic N) is 2. The fourth-order valence-electron chi connectivity index (χ4n) is 1.79. The minimum Gasteiger partial charge on any atom is -0.414 e. The molecule has 3 aromatic rings. The van der Waals surface area contributed by atoms with Gasteiger partial charge >= 0.3 is 6.01 Å². The predicted molar refractivity (Wildman–Crippen MR) is 83.3 cm³/mol. The van der Waals surface area contributed by atoms with E-state index >= 15 is 0 Å². The van der Waals surface area contributed by atoms with Gasteiger partial charge in [-0.15, -0.1) is 0 Å². The average molecular weight is 327 g/mol. The highest BCUT2D eigenvalue weighted by Crippen LogP contribution is 2.31. The van der Waals surface area contributed by atoms with E-state index in [0.717, 1.165) is 16.8 Å². The molecule has 0 bridgehead atoms. The van der Waals surface area contributed by atoms with Crippen molar-refractivity contribution in [2.24, 2.45) is 4.99 Å². The lowest BCUT2D eigenvalue weighted by Gasteiger charge is -1.93. The molecule has 1 heterocycles. The first-order valence-corrected chi connectivity index (χ1v) is 6.93. The molecule has 1 aromatic heterocycles. The molecular formula is C16H11BrN2O. The molecule has 3 nitrogen and oxygen atoms in total. The van der Waals surface area contributed by atoms with Crippen molar-refractivity contribution in [3.05, 3.63) is 70.9 Å². The Balaban J connectivity index is 1.88. The Hall–Kier alpha value is -2.20. The molecule has 3 rings (SSSR count). The zero-order valence-corrected chi connectivity index (χ0v) is 12.1. The van der Waals surface area contributed by atoms with Crippen molar-refractivity contribution in [2.45, 2.75) is 0 Å². The van der Waals surface area contributed by atoms with E-state index in [1.807, 2.05) is 60.7 Å². The number of hydrogen-bond acceptors (Lipinski definition) is 3. The number of aliphatic imine (C=N–C) groups is 1. The van der Waals surface area contributed by atoms with E-state index in [9.17, 15) is 0 Å². The first-order chi connectivity index (χ1) is 9.83. The zero-order valence-electron chi connectivity index (χ0n) is 10.5. The third kappa shape index (κ3) is 2.86. The number of aromatic nitrogens is 1. The van der Waals surface area contributed by atoms with E-state index in [0.29, 0.717) is 10.7 Å². The summed E-state index contributed by atoms with van der Waals surface area (Å²) in [7, 11) is 0. The monoisotopic (exact) mass is 326 g/mol. The molecule has 0 N–H and O–H groups in total. The lowest BCUT2D eigenvalue weighted by molar-refractivity contribution is 0.546. The number of benzene rings is 2. The van der Waals surface area contributed by atoms with Gasteiger partial charge < -0.3 is 4.42 Å². The Morgan fingerprint density at radius 2 is 1.60 bits per heavy atom. The fraction of sp³-hybridized carbons (Fsp3) is 0. The Kier molecular flexibility index (Phi) is 3.74. The Morgan fingerprint density at radius 1 is 0.950 bits per heavy atom. The highest BCUT2D eigenvalue weighted by molar-refractivity contribution is 9.10. The smallest absolute Gasteiger partial charge is 0.323 e. The first-order valence-electron chi connectivity index (χ1n) is 6.14. The largest absolute Gasteiger partial charge is 0.414 e. The molecule has 0 saturated carbocycles. The normalized spacial score (nSPS) is 11.1. The third-order valence-electron chi connectivity index (χ3n) is 2.75. The summed E-state index contributed by atoms with van der Waals surface area (Å²) >= 11 is 3.38. The van der Waals surface area contributed by atoms with Crippen molar-refractivity contribution in [2.75, 3.05) is 0 Å². The van der Waals surface area contributed by atoms with Crippen LogP contribution in [0, 0.1) is 0 Å². The van der Waals surface area contributed by atoms with Crippen LogP contribution in [0.2, 0.25) is 0 Å². The number of oxazole rings is 1. The van der Waals surface area contributed by atoms with Crippen LogP contribution >= 0.6 is 15.9 Å². The van der Waals surface area contributed by atoms with Crippen LogP contribution in [0.4, 0.5) is 6.01 Å². The molecule has 0 aliphatic heterocycles. The second-order valence-corrected chi connectivity index (χ2v) is 4.87. The molecule has 0 aliphatic rings. The van der Waals surface area contributed by atoms with Crippen LogP contribution in [-0.4, -0.2) is 11.2 Å². The molecule has 0 aliphatic carbocycles. The van der Waals surface area contributed by atoms with E-state index in [2.05, 4.69) is 25.9 Å². The van der Waals surface area contributed by atoms with E-state index in [-0.39, 0.29) is 0 Å². The van der Waals surface area contributed by atoms with Crippen molar-refractivity contribution >= 4 is 28.2 Å². The Bertz CT molecular complexity index is 721. The molecular weight excluding hydrogens is 316 g/mol. The van der Waals surface area contributed by atoms with Crippen LogP contribution < -0.4 is 0 Å². The number of rotatable bonds is 3. The molecule has 2 aromatic carbocycles. The highest BCUT2D eigenvalue weighted by atomic mass is 79.9. The van der Waals surface area contributed by atoms with E-state index in [4.69, 9.17) is 4.42 Å². The standard InChI is InChI=1S/C16H11BrN2O/c17-15-14(13-9-5-2-6-10-13)19-16(20-15)18-11-12-7-3-1-4-8-12/h1-11H. The van der Waals surface area contributed by atoms with Gasteiger partial charge in [0.1, 0.15) is 5.69 Å². The second-order valence-electron chi connectivity index (χ2n) is 4.15. The van der Waals surface area contributed by atoms with Crippen LogP contribution in [0.3, 0.4) is 0 Å². The SMILES string of the molecule is Brc1oc(N=Cc2ccccc2)nc1-c1ccccc1. The van der Waals surface area contributed by atoms with E-state index in [1.54, 1.807) is 6.21 Å². The summed E-state index contributed by atoms with van der Waals surface area (Å²) in [5.74, 6) is 0. The summed E-state index contributed by atoms with van der Waals surface area (Å²) in [5.41, 5.74) is 2.75. The summed E-state index contributed by atoms with van der Waals surface area (Å²) in [5, 5.41) is 0. The van der Waals surface area contributed by atoms with Gasteiger partial charge in [0.2, 0.25) is 0 Å². The van der Waals surface area contributed by atoms with Gasteiger partial charge in [0.15, 0.2) is 4.67 Å². The van der Waals surface area contributed by atoms with Gasteiger partial charge in [-0.3, -0.25) is 0 Å². The minimum absolute atomic E-state index is 0.333. The molecule has 0 saturated heterocycles. The van der Waals surface area contributed by atoms with E-state index in [1.165, 1.54) is 0 Å². The van der Waals surface area contributed by atoms with Crippen LogP contribution in [-0.2, 0) is 0 Å². The van der Waals surface area contributed by atoms with Crippen molar-refractivity contribution < 1.29 is 4.42 Å². The minimum atomic E-state index is 0.333. The molecule has 0 radical (unpaired) electrons. The lowest BCUT2D eigenvalue weighted by atomic mass is 10.2. The average Bonchev–Trinajstić information content (AvgIpc) is 2.88. The maximum absolute atomic E-state index is 5.50. The van der Waals surface area contributed by atoms with Crippen LogP contribution in [0.1, 0.15) is 5.56 Å². The van der Waals surface area contributed by atoms with Gasteiger partial charge in [-0.05, 0) is 21.5 Å². The first kappa shape index (κ1) is 12.8. The number of halogens is 1. The predicted octanol–water partition coefficient (Wildman–Crippen LogP) is 4.85. The molecule has 0 atom stereocenters. The molecule has 0 amide bonds. The van der Waals surface area contributed by atoms with Crippen LogP contribution in [0.5, 0.6) is 0 Å². The van der Waals surface area contributed by atoms with Crippen molar-refractivity contribution in [1.82, 2.24) is 4.98 Å². The lowest BCUT2D eigenvalue weighted by Crippen LogP contribution is -1.79. The summed E-state index contributed by atoms with van der Waals surface area (Å²) in [4.78, 5) is 8.63. The second kappa shape index (κ2) is 5.84.